The highest BCUT2D eigenvalue weighted by Crippen LogP contribution is 2.23. The first kappa shape index (κ1) is 14.3. The summed E-state index contributed by atoms with van der Waals surface area (Å²) in [4.78, 5) is 0.316. The van der Waals surface area contributed by atoms with Crippen LogP contribution in [0.15, 0.2) is 23.1 Å². The molecule has 0 amide bonds. The zero-order chi connectivity index (χ0) is 13.9. The van der Waals surface area contributed by atoms with Gasteiger partial charge in [0.15, 0.2) is 0 Å². The van der Waals surface area contributed by atoms with Gasteiger partial charge in [-0.15, -0.1) is 0 Å². The molecule has 1 saturated heterocycles. The van der Waals surface area contributed by atoms with Gasteiger partial charge >= 0.3 is 0 Å². The lowest BCUT2D eigenvalue weighted by Gasteiger charge is -2.24. The predicted octanol–water partition coefficient (Wildman–Crippen LogP) is 2.53. The minimum absolute atomic E-state index is 0.316. The third kappa shape index (κ3) is 3.28. The quantitative estimate of drug-likeness (QED) is 0.848. The first-order chi connectivity index (χ1) is 9.01. The normalized spacial score (nSPS) is 18.8. The van der Waals surface area contributed by atoms with Crippen molar-refractivity contribution < 1.29 is 8.42 Å². The largest absolute Gasteiger partial charge is 0.398 e. The molecule has 5 heteroatoms. The van der Waals surface area contributed by atoms with E-state index in [0.717, 1.165) is 31.2 Å². The van der Waals surface area contributed by atoms with Crippen molar-refractivity contribution in [1.29, 1.82) is 0 Å². The van der Waals surface area contributed by atoms with Crippen LogP contribution in [0.25, 0.3) is 0 Å². The average Bonchev–Trinajstić information content (AvgIpc) is 2.31. The van der Waals surface area contributed by atoms with Crippen LogP contribution in [0.1, 0.15) is 37.7 Å². The summed E-state index contributed by atoms with van der Waals surface area (Å²) in [5, 5.41) is 0. The molecule has 19 heavy (non-hydrogen) atoms. The van der Waals surface area contributed by atoms with E-state index in [4.69, 9.17) is 5.73 Å². The van der Waals surface area contributed by atoms with E-state index in [2.05, 4.69) is 0 Å². The number of aryl methyl sites for hydroxylation is 1. The van der Waals surface area contributed by atoms with Crippen LogP contribution < -0.4 is 5.73 Å². The fourth-order valence-electron chi connectivity index (χ4n) is 2.39. The lowest BCUT2D eigenvalue weighted by Crippen LogP contribution is -2.33. The first-order valence-corrected chi connectivity index (χ1v) is 8.32. The summed E-state index contributed by atoms with van der Waals surface area (Å²) in [6, 6.07) is 5.00. The van der Waals surface area contributed by atoms with Crippen LogP contribution in [0.2, 0.25) is 0 Å². The van der Waals surface area contributed by atoms with Crippen molar-refractivity contribution in [2.24, 2.45) is 0 Å². The molecule has 0 aliphatic carbocycles. The monoisotopic (exact) mass is 282 g/mol. The van der Waals surface area contributed by atoms with Gasteiger partial charge in [-0.1, -0.05) is 25.3 Å². The molecule has 1 aliphatic heterocycles. The maximum absolute atomic E-state index is 12.6. The zero-order valence-corrected chi connectivity index (χ0v) is 12.2. The van der Waals surface area contributed by atoms with Crippen molar-refractivity contribution in [3.05, 3.63) is 23.8 Å². The highest BCUT2D eigenvalue weighted by molar-refractivity contribution is 7.89. The molecule has 0 radical (unpaired) electrons. The molecule has 0 bridgehead atoms. The van der Waals surface area contributed by atoms with Gasteiger partial charge in [0.25, 0.3) is 0 Å². The van der Waals surface area contributed by atoms with Crippen LogP contribution in [-0.2, 0) is 10.0 Å². The number of benzene rings is 1. The molecule has 2 rings (SSSR count). The van der Waals surface area contributed by atoms with Crippen LogP contribution >= 0.6 is 0 Å². The molecule has 4 nitrogen and oxygen atoms in total. The van der Waals surface area contributed by atoms with E-state index in [1.165, 1.54) is 6.42 Å². The van der Waals surface area contributed by atoms with E-state index in [1.807, 2.05) is 6.92 Å². The number of anilines is 1. The van der Waals surface area contributed by atoms with Crippen molar-refractivity contribution >= 4 is 15.7 Å². The molecule has 106 valence electrons. The lowest BCUT2D eigenvalue weighted by molar-refractivity contribution is 0.364. The molecule has 0 spiro atoms. The highest BCUT2D eigenvalue weighted by atomic mass is 32.2. The van der Waals surface area contributed by atoms with E-state index >= 15 is 0 Å². The standard InChI is InChI=1S/C14H22N2O2S/c1-12-7-8-13(11-14(12)15)19(17,18)16-9-5-3-2-4-6-10-16/h7-8,11H,2-6,9-10,15H2,1H3. The summed E-state index contributed by atoms with van der Waals surface area (Å²) in [5.74, 6) is 0. The molecule has 0 aromatic heterocycles. The summed E-state index contributed by atoms with van der Waals surface area (Å²) < 4.78 is 26.8. The molecule has 1 aromatic rings. The van der Waals surface area contributed by atoms with Gasteiger partial charge in [-0.2, -0.15) is 4.31 Å². The summed E-state index contributed by atoms with van der Waals surface area (Å²) in [7, 11) is -3.39. The van der Waals surface area contributed by atoms with Gasteiger partial charge in [0.1, 0.15) is 0 Å². The van der Waals surface area contributed by atoms with E-state index < -0.39 is 10.0 Å². The Morgan fingerprint density at radius 1 is 1.05 bits per heavy atom. The number of hydrogen-bond donors (Lipinski definition) is 1. The zero-order valence-electron chi connectivity index (χ0n) is 11.4. The van der Waals surface area contributed by atoms with Crippen molar-refractivity contribution in [3.63, 3.8) is 0 Å². The average molecular weight is 282 g/mol. The van der Waals surface area contributed by atoms with Crippen LogP contribution in [-0.4, -0.2) is 25.8 Å². The third-order valence-electron chi connectivity index (χ3n) is 3.70. The Morgan fingerprint density at radius 2 is 1.63 bits per heavy atom. The Labute approximate surface area is 115 Å². The number of nitrogens with zero attached hydrogens (tertiary/aromatic N) is 1. The van der Waals surface area contributed by atoms with Gasteiger partial charge in [-0.25, -0.2) is 8.42 Å². The smallest absolute Gasteiger partial charge is 0.243 e. The second-order valence-electron chi connectivity index (χ2n) is 5.19. The number of rotatable bonds is 2. The van der Waals surface area contributed by atoms with E-state index in [9.17, 15) is 8.42 Å². The minimum Gasteiger partial charge on any atom is -0.398 e. The van der Waals surface area contributed by atoms with E-state index in [0.29, 0.717) is 23.7 Å². The maximum Gasteiger partial charge on any atom is 0.243 e. The molecule has 0 atom stereocenters. The summed E-state index contributed by atoms with van der Waals surface area (Å²) >= 11 is 0. The van der Waals surface area contributed by atoms with Gasteiger partial charge in [0.2, 0.25) is 10.0 Å². The number of nitrogen functional groups attached to an aromatic ring is 1. The summed E-state index contributed by atoms with van der Waals surface area (Å²) in [6.45, 7) is 3.12. The van der Waals surface area contributed by atoms with Gasteiger partial charge in [0, 0.05) is 18.8 Å². The number of hydrogen-bond acceptors (Lipinski definition) is 3. The molecular formula is C14H22N2O2S. The SMILES string of the molecule is Cc1ccc(S(=O)(=O)N2CCCCCCC2)cc1N. The molecule has 1 heterocycles. The van der Waals surface area contributed by atoms with Crippen molar-refractivity contribution in [2.75, 3.05) is 18.8 Å². The Hall–Kier alpha value is -1.07. The Morgan fingerprint density at radius 3 is 2.21 bits per heavy atom. The molecular weight excluding hydrogens is 260 g/mol. The first-order valence-electron chi connectivity index (χ1n) is 6.88. The van der Waals surface area contributed by atoms with E-state index in [1.54, 1.807) is 22.5 Å². The summed E-state index contributed by atoms with van der Waals surface area (Å²) in [5.41, 5.74) is 7.26. The Balaban J connectivity index is 2.26. The third-order valence-corrected chi connectivity index (χ3v) is 5.60. The fraction of sp³-hybridized carbons (Fsp3) is 0.571. The Bertz CT molecular complexity index is 532. The maximum atomic E-state index is 12.6. The van der Waals surface area contributed by atoms with Crippen molar-refractivity contribution in [3.8, 4) is 0 Å². The van der Waals surface area contributed by atoms with Crippen molar-refractivity contribution in [2.45, 2.75) is 43.9 Å². The highest BCUT2D eigenvalue weighted by Gasteiger charge is 2.24. The van der Waals surface area contributed by atoms with Gasteiger partial charge in [-0.05, 0) is 37.5 Å². The van der Waals surface area contributed by atoms with Crippen LogP contribution in [0.5, 0.6) is 0 Å². The fourth-order valence-corrected chi connectivity index (χ4v) is 3.94. The van der Waals surface area contributed by atoms with Crippen LogP contribution in [0, 0.1) is 6.92 Å². The minimum atomic E-state index is -3.39. The van der Waals surface area contributed by atoms with Gasteiger partial charge < -0.3 is 5.73 Å². The van der Waals surface area contributed by atoms with Gasteiger partial charge in [0.05, 0.1) is 4.90 Å². The molecule has 2 N–H and O–H groups in total. The molecule has 0 unspecified atom stereocenters. The molecule has 0 saturated carbocycles. The van der Waals surface area contributed by atoms with Crippen molar-refractivity contribution in [1.82, 2.24) is 4.31 Å². The second-order valence-corrected chi connectivity index (χ2v) is 7.13. The summed E-state index contributed by atoms with van der Waals surface area (Å²) in [6.07, 6.45) is 5.33. The van der Waals surface area contributed by atoms with Gasteiger partial charge in [-0.3, -0.25) is 0 Å². The number of nitrogens with two attached hydrogens (primary N) is 1. The second kappa shape index (κ2) is 5.92. The Kier molecular flexibility index (Phi) is 4.47. The predicted molar refractivity (Wildman–Crippen MR) is 77.4 cm³/mol. The lowest BCUT2D eigenvalue weighted by atomic mass is 10.1. The van der Waals surface area contributed by atoms with E-state index in [-0.39, 0.29) is 0 Å². The molecule has 1 aliphatic rings. The van der Waals surface area contributed by atoms with Crippen LogP contribution in [0.4, 0.5) is 5.69 Å². The van der Waals surface area contributed by atoms with Crippen LogP contribution in [0.3, 0.4) is 0 Å². The molecule has 1 fully saturated rings. The molecule has 1 aromatic carbocycles. The topological polar surface area (TPSA) is 63.4 Å². The number of sulfonamides is 1.